The molecule has 0 saturated heterocycles. The predicted molar refractivity (Wildman–Crippen MR) is 103 cm³/mol. The van der Waals surface area contributed by atoms with E-state index in [1.807, 2.05) is 18.2 Å². The van der Waals surface area contributed by atoms with Gasteiger partial charge >= 0.3 is 0 Å². The minimum atomic E-state index is -3.76. The number of methoxy groups -OCH3 is 1. The molecular weight excluding hydrogens is 371 g/mol. The van der Waals surface area contributed by atoms with Crippen molar-refractivity contribution < 1.29 is 22.3 Å². The fourth-order valence-corrected chi connectivity index (χ4v) is 4.05. The molecule has 0 unspecified atom stereocenters. The molecule has 2 rings (SSSR count). The van der Waals surface area contributed by atoms with Crippen LogP contribution >= 0.6 is 0 Å². The lowest BCUT2D eigenvalue weighted by atomic mass is 10.1. The van der Waals surface area contributed by atoms with Crippen molar-refractivity contribution in [1.82, 2.24) is 4.90 Å². The number of likely N-dealkylation sites (N-methyl/N-ethyl adjacent to an activating group) is 1. The molecule has 27 heavy (non-hydrogen) atoms. The van der Waals surface area contributed by atoms with Gasteiger partial charge in [0.05, 0.1) is 19.1 Å². The van der Waals surface area contributed by atoms with Crippen LogP contribution in [0.2, 0.25) is 0 Å². The monoisotopic (exact) mass is 394 g/mol. The van der Waals surface area contributed by atoms with Crippen LogP contribution in [0, 0.1) is 5.82 Å². The minimum Gasteiger partial charge on any atom is -0.496 e. The van der Waals surface area contributed by atoms with E-state index < -0.39 is 27.8 Å². The molecule has 0 aliphatic carbocycles. The van der Waals surface area contributed by atoms with Crippen LogP contribution in [0.25, 0.3) is 0 Å². The number of nitrogens with zero attached hydrogens (tertiary/aromatic N) is 2. The van der Waals surface area contributed by atoms with Gasteiger partial charge in [0.2, 0.25) is 15.9 Å². The second-order valence-corrected chi connectivity index (χ2v) is 8.08. The molecule has 0 aromatic heterocycles. The number of para-hydroxylation sites is 1. The molecule has 146 valence electrons. The van der Waals surface area contributed by atoms with Crippen molar-refractivity contribution in [2.75, 3.05) is 24.7 Å². The predicted octanol–water partition coefficient (Wildman–Crippen LogP) is 2.65. The summed E-state index contributed by atoms with van der Waals surface area (Å²) in [5.41, 5.74) is 1.03. The highest BCUT2D eigenvalue weighted by atomic mass is 32.2. The smallest absolute Gasteiger partial charge is 0.246 e. The summed E-state index contributed by atoms with van der Waals surface area (Å²) < 4.78 is 44.0. The average Bonchev–Trinajstić information content (AvgIpc) is 2.62. The standard InChI is InChI=1S/C19H23FN2O4S/c1-14(22(27(4,24)25)17-11-9-16(20)10-12-17)19(23)21(2)13-15-7-5-6-8-18(15)26-3/h5-12,14H,13H2,1-4H3/t14-/m1/s1. The maximum Gasteiger partial charge on any atom is 0.246 e. The van der Waals surface area contributed by atoms with Crippen molar-refractivity contribution in [3.63, 3.8) is 0 Å². The van der Waals surface area contributed by atoms with Crippen LogP contribution < -0.4 is 9.04 Å². The van der Waals surface area contributed by atoms with Crippen molar-refractivity contribution in [2.24, 2.45) is 0 Å². The molecule has 0 heterocycles. The molecule has 0 saturated carbocycles. The zero-order valence-corrected chi connectivity index (χ0v) is 16.5. The lowest BCUT2D eigenvalue weighted by Gasteiger charge is -2.31. The van der Waals surface area contributed by atoms with E-state index in [-0.39, 0.29) is 12.2 Å². The molecule has 0 bridgehead atoms. The van der Waals surface area contributed by atoms with Crippen LogP contribution in [0.5, 0.6) is 5.75 Å². The molecular formula is C19H23FN2O4S. The van der Waals surface area contributed by atoms with Gasteiger partial charge in [-0.05, 0) is 37.3 Å². The van der Waals surface area contributed by atoms with Crippen molar-refractivity contribution in [3.05, 3.63) is 59.9 Å². The number of ether oxygens (including phenoxy) is 1. The van der Waals surface area contributed by atoms with E-state index in [0.717, 1.165) is 28.3 Å². The Balaban J connectivity index is 2.27. The van der Waals surface area contributed by atoms with E-state index >= 15 is 0 Å². The second-order valence-electron chi connectivity index (χ2n) is 6.22. The summed E-state index contributed by atoms with van der Waals surface area (Å²) in [5, 5.41) is 0. The fraction of sp³-hybridized carbons (Fsp3) is 0.316. The quantitative estimate of drug-likeness (QED) is 0.724. The van der Waals surface area contributed by atoms with Gasteiger partial charge in [-0.25, -0.2) is 12.8 Å². The number of amides is 1. The van der Waals surface area contributed by atoms with E-state index in [4.69, 9.17) is 4.74 Å². The first-order valence-electron chi connectivity index (χ1n) is 8.27. The van der Waals surface area contributed by atoms with E-state index in [9.17, 15) is 17.6 Å². The first kappa shape index (κ1) is 20.7. The van der Waals surface area contributed by atoms with Gasteiger partial charge in [-0.15, -0.1) is 0 Å². The molecule has 0 aliphatic heterocycles. The van der Waals surface area contributed by atoms with Gasteiger partial charge < -0.3 is 9.64 Å². The highest BCUT2D eigenvalue weighted by Crippen LogP contribution is 2.23. The first-order valence-corrected chi connectivity index (χ1v) is 10.1. The molecule has 2 aromatic rings. The van der Waals surface area contributed by atoms with Crippen LogP contribution in [0.4, 0.5) is 10.1 Å². The Labute approximate surface area is 159 Å². The zero-order valence-electron chi connectivity index (χ0n) is 15.7. The summed E-state index contributed by atoms with van der Waals surface area (Å²) in [7, 11) is -0.617. The third-order valence-corrected chi connectivity index (χ3v) is 5.37. The van der Waals surface area contributed by atoms with Gasteiger partial charge in [-0.3, -0.25) is 9.10 Å². The number of rotatable bonds is 7. The molecule has 0 aliphatic rings. The van der Waals surface area contributed by atoms with Gasteiger partial charge in [0.15, 0.2) is 0 Å². The molecule has 8 heteroatoms. The Hall–Kier alpha value is -2.61. The number of halogens is 1. The topological polar surface area (TPSA) is 66.9 Å². The Morgan fingerprint density at radius 1 is 1.15 bits per heavy atom. The molecule has 1 amide bonds. The molecule has 2 aromatic carbocycles. The van der Waals surface area contributed by atoms with E-state index in [0.29, 0.717) is 5.75 Å². The van der Waals surface area contributed by atoms with Crippen LogP contribution in [0.3, 0.4) is 0 Å². The van der Waals surface area contributed by atoms with Crippen LogP contribution in [0.1, 0.15) is 12.5 Å². The van der Waals surface area contributed by atoms with Gasteiger partial charge in [-0.1, -0.05) is 18.2 Å². The Morgan fingerprint density at radius 3 is 2.30 bits per heavy atom. The van der Waals surface area contributed by atoms with Crippen molar-refractivity contribution >= 4 is 21.6 Å². The SMILES string of the molecule is COc1ccccc1CN(C)C(=O)[C@@H](C)N(c1ccc(F)cc1)S(C)(=O)=O. The number of anilines is 1. The largest absolute Gasteiger partial charge is 0.496 e. The molecule has 1 atom stereocenters. The number of benzene rings is 2. The molecule has 6 nitrogen and oxygen atoms in total. The number of carbonyl (C=O) groups is 1. The zero-order chi connectivity index (χ0) is 20.2. The van der Waals surface area contributed by atoms with Gasteiger partial charge in [0, 0.05) is 19.2 Å². The third-order valence-electron chi connectivity index (χ3n) is 4.12. The third kappa shape index (κ3) is 4.97. The van der Waals surface area contributed by atoms with E-state index in [1.54, 1.807) is 20.2 Å². The van der Waals surface area contributed by atoms with Crippen LogP contribution in [-0.2, 0) is 21.4 Å². The van der Waals surface area contributed by atoms with E-state index in [2.05, 4.69) is 0 Å². The summed E-state index contributed by atoms with van der Waals surface area (Å²) in [4.78, 5) is 14.3. The molecule has 0 radical (unpaired) electrons. The maximum absolute atomic E-state index is 13.2. The summed E-state index contributed by atoms with van der Waals surface area (Å²) in [6.45, 7) is 1.76. The number of hydrogen-bond donors (Lipinski definition) is 0. The lowest BCUT2D eigenvalue weighted by molar-refractivity contribution is -0.131. The summed E-state index contributed by atoms with van der Waals surface area (Å²) >= 11 is 0. The fourth-order valence-electron chi connectivity index (χ4n) is 2.88. The maximum atomic E-state index is 13.2. The van der Waals surface area contributed by atoms with Gasteiger partial charge in [-0.2, -0.15) is 0 Å². The number of carbonyl (C=O) groups excluding carboxylic acids is 1. The summed E-state index contributed by atoms with van der Waals surface area (Å²) in [5.74, 6) is -0.238. The van der Waals surface area contributed by atoms with Crippen molar-refractivity contribution in [3.8, 4) is 5.75 Å². The summed E-state index contributed by atoms with van der Waals surface area (Å²) in [6.07, 6.45) is 1.01. The molecule has 0 N–H and O–H groups in total. The first-order chi connectivity index (χ1) is 12.6. The Kier molecular flexibility index (Phi) is 6.43. The van der Waals surface area contributed by atoms with Gasteiger partial charge in [0.25, 0.3) is 0 Å². The lowest BCUT2D eigenvalue weighted by Crippen LogP contribution is -2.48. The highest BCUT2D eigenvalue weighted by Gasteiger charge is 2.31. The number of hydrogen-bond acceptors (Lipinski definition) is 4. The van der Waals surface area contributed by atoms with Crippen molar-refractivity contribution in [2.45, 2.75) is 19.5 Å². The number of sulfonamides is 1. The van der Waals surface area contributed by atoms with Crippen LogP contribution in [0.15, 0.2) is 48.5 Å². The van der Waals surface area contributed by atoms with Crippen molar-refractivity contribution in [1.29, 1.82) is 0 Å². The normalized spacial score (nSPS) is 12.3. The minimum absolute atomic E-state index is 0.227. The second kappa shape index (κ2) is 8.39. The summed E-state index contributed by atoms with van der Waals surface area (Å²) in [6, 6.07) is 11.3. The Morgan fingerprint density at radius 2 is 1.74 bits per heavy atom. The van der Waals surface area contributed by atoms with Crippen LogP contribution in [-0.4, -0.2) is 45.7 Å². The molecule has 0 fully saturated rings. The Bertz CT molecular complexity index is 900. The van der Waals surface area contributed by atoms with E-state index in [1.165, 1.54) is 24.0 Å². The molecule has 0 spiro atoms. The average molecular weight is 394 g/mol. The highest BCUT2D eigenvalue weighted by molar-refractivity contribution is 7.92. The van der Waals surface area contributed by atoms with Gasteiger partial charge in [0.1, 0.15) is 17.6 Å².